The van der Waals surface area contributed by atoms with Gasteiger partial charge in [0.15, 0.2) is 11.1 Å². The lowest BCUT2D eigenvalue weighted by atomic mass is 10.1. The number of nitriles is 2. The van der Waals surface area contributed by atoms with Crippen LogP contribution in [0.15, 0.2) is 10.2 Å². The highest BCUT2D eigenvalue weighted by atomic mass is 16.3. The number of aliphatic hydroxyl groups is 2. The molecule has 2 atom stereocenters. The SMILES string of the molecule is CC(C#N)(CO)N=NC(C)(C#N)CO. The number of hydrogen-bond donors (Lipinski definition) is 2. The Kier molecular flexibility index (Phi) is 4.16. The summed E-state index contributed by atoms with van der Waals surface area (Å²) in [5.41, 5.74) is -2.71. The summed E-state index contributed by atoms with van der Waals surface area (Å²) in [6, 6.07) is 3.49. The Morgan fingerprint density at radius 2 is 1.29 bits per heavy atom. The Labute approximate surface area is 82.1 Å². The maximum absolute atomic E-state index is 8.81. The Bertz CT molecular complexity index is 273. The zero-order valence-corrected chi connectivity index (χ0v) is 8.10. The molecule has 0 spiro atoms. The van der Waals surface area contributed by atoms with Gasteiger partial charge in [0.25, 0.3) is 0 Å². The Hall–Kier alpha value is -1.50. The van der Waals surface area contributed by atoms with E-state index in [-0.39, 0.29) is 0 Å². The van der Waals surface area contributed by atoms with E-state index in [0.29, 0.717) is 0 Å². The first-order valence-electron chi connectivity index (χ1n) is 3.93. The minimum atomic E-state index is -1.35. The van der Waals surface area contributed by atoms with Crippen molar-refractivity contribution in [1.82, 2.24) is 0 Å². The fraction of sp³-hybridized carbons (Fsp3) is 0.750. The normalized spacial score (nSPS) is 19.3. The average molecular weight is 196 g/mol. The Balaban J connectivity index is 4.76. The standard InChI is InChI=1S/C8H12N4O2/c1-7(3-9,5-13)11-12-8(2,4-10)6-14/h13-14H,5-6H2,1-2H3. The third-order valence-electron chi connectivity index (χ3n) is 1.59. The molecule has 0 heterocycles. The van der Waals surface area contributed by atoms with Gasteiger partial charge < -0.3 is 10.2 Å². The second kappa shape index (κ2) is 4.66. The van der Waals surface area contributed by atoms with E-state index >= 15 is 0 Å². The molecule has 0 aliphatic heterocycles. The summed E-state index contributed by atoms with van der Waals surface area (Å²) >= 11 is 0. The third kappa shape index (κ3) is 3.09. The molecule has 0 rings (SSSR count). The molecule has 0 aromatic heterocycles. The highest BCUT2D eigenvalue weighted by molar-refractivity contribution is 5.07. The monoisotopic (exact) mass is 196 g/mol. The Morgan fingerprint density at radius 3 is 1.43 bits per heavy atom. The molecule has 0 saturated carbocycles. The van der Waals surface area contributed by atoms with E-state index in [9.17, 15) is 0 Å². The second-order valence-electron chi connectivity index (χ2n) is 3.29. The molecule has 0 aliphatic rings. The molecule has 0 aromatic carbocycles. The number of azo groups is 1. The van der Waals surface area contributed by atoms with Gasteiger partial charge >= 0.3 is 0 Å². The van der Waals surface area contributed by atoms with Crippen LogP contribution in [0.5, 0.6) is 0 Å². The molecule has 14 heavy (non-hydrogen) atoms. The van der Waals surface area contributed by atoms with Crippen LogP contribution in [0.2, 0.25) is 0 Å². The van der Waals surface area contributed by atoms with Gasteiger partial charge in [-0.2, -0.15) is 20.8 Å². The molecule has 76 valence electrons. The molecular formula is C8H12N4O2. The predicted molar refractivity (Wildman–Crippen MR) is 47.1 cm³/mol. The van der Waals surface area contributed by atoms with Crippen molar-refractivity contribution in [2.45, 2.75) is 24.9 Å². The van der Waals surface area contributed by atoms with Crippen molar-refractivity contribution in [3.8, 4) is 12.1 Å². The summed E-state index contributed by atoms with van der Waals surface area (Å²) in [4.78, 5) is 0. The summed E-state index contributed by atoms with van der Waals surface area (Å²) in [5, 5.41) is 41.9. The van der Waals surface area contributed by atoms with Crippen molar-refractivity contribution >= 4 is 0 Å². The van der Waals surface area contributed by atoms with Gasteiger partial charge in [-0.25, -0.2) is 0 Å². The highest BCUT2D eigenvalue weighted by Gasteiger charge is 2.27. The fourth-order valence-corrected chi connectivity index (χ4v) is 0.399. The third-order valence-corrected chi connectivity index (χ3v) is 1.59. The molecule has 2 unspecified atom stereocenters. The largest absolute Gasteiger partial charge is 0.393 e. The van der Waals surface area contributed by atoms with Crippen LogP contribution in [0.3, 0.4) is 0 Å². The lowest BCUT2D eigenvalue weighted by Crippen LogP contribution is -2.28. The lowest BCUT2D eigenvalue weighted by Gasteiger charge is -2.15. The second-order valence-corrected chi connectivity index (χ2v) is 3.29. The maximum Gasteiger partial charge on any atom is 0.187 e. The average Bonchev–Trinajstić information content (AvgIpc) is 2.25. The number of aliphatic hydroxyl groups excluding tert-OH is 2. The van der Waals surface area contributed by atoms with Crippen LogP contribution >= 0.6 is 0 Å². The van der Waals surface area contributed by atoms with Crippen LogP contribution in [0, 0.1) is 22.7 Å². The van der Waals surface area contributed by atoms with Crippen LogP contribution < -0.4 is 0 Å². The van der Waals surface area contributed by atoms with Crippen molar-refractivity contribution in [3.63, 3.8) is 0 Å². The summed E-state index contributed by atoms with van der Waals surface area (Å²) in [6.45, 7) is 1.79. The van der Waals surface area contributed by atoms with Crippen molar-refractivity contribution in [3.05, 3.63) is 0 Å². The van der Waals surface area contributed by atoms with Crippen LogP contribution in [-0.4, -0.2) is 34.5 Å². The van der Waals surface area contributed by atoms with E-state index in [1.54, 1.807) is 12.1 Å². The van der Waals surface area contributed by atoms with Gasteiger partial charge in [0.05, 0.1) is 25.4 Å². The van der Waals surface area contributed by atoms with Gasteiger partial charge in [0.1, 0.15) is 0 Å². The van der Waals surface area contributed by atoms with Crippen molar-refractivity contribution in [2.24, 2.45) is 10.2 Å². The smallest absolute Gasteiger partial charge is 0.187 e. The summed E-state index contributed by atoms with van der Waals surface area (Å²) < 4.78 is 0. The molecule has 0 amide bonds. The first-order chi connectivity index (χ1) is 6.45. The van der Waals surface area contributed by atoms with Crippen LogP contribution in [0.25, 0.3) is 0 Å². The van der Waals surface area contributed by atoms with Crippen molar-refractivity contribution in [1.29, 1.82) is 10.5 Å². The molecule has 0 saturated heterocycles. The highest BCUT2D eigenvalue weighted by Crippen LogP contribution is 2.14. The quantitative estimate of drug-likeness (QED) is 0.615. The number of rotatable bonds is 4. The van der Waals surface area contributed by atoms with E-state index in [0.717, 1.165) is 0 Å². The van der Waals surface area contributed by atoms with Crippen LogP contribution in [0.4, 0.5) is 0 Å². The van der Waals surface area contributed by atoms with E-state index < -0.39 is 24.3 Å². The fourth-order valence-electron chi connectivity index (χ4n) is 0.399. The van der Waals surface area contributed by atoms with Gasteiger partial charge in [0.2, 0.25) is 0 Å². The molecule has 0 aliphatic carbocycles. The van der Waals surface area contributed by atoms with E-state index in [1.807, 2.05) is 0 Å². The first kappa shape index (κ1) is 12.5. The molecule has 6 heteroatoms. The predicted octanol–water partition coefficient (Wildman–Crippen LogP) is -0.0122. The van der Waals surface area contributed by atoms with Gasteiger partial charge in [-0.05, 0) is 13.8 Å². The van der Waals surface area contributed by atoms with Crippen LogP contribution in [-0.2, 0) is 0 Å². The van der Waals surface area contributed by atoms with Crippen molar-refractivity contribution in [2.75, 3.05) is 13.2 Å². The molecule has 0 aromatic rings. The topological polar surface area (TPSA) is 113 Å². The summed E-state index contributed by atoms with van der Waals surface area (Å²) in [7, 11) is 0. The lowest BCUT2D eigenvalue weighted by molar-refractivity contribution is 0.217. The first-order valence-corrected chi connectivity index (χ1v) is 3.93. The van der Waals surface area contributed by atoms with E-state index in [4.69, 9.17) is 20.7 Å². The van der Waals surface area contributed by atoms with Crippen LogP contribution in [0.1, 0.15) is 13.8 Å². The molecule has 6 nitrogen and oxygen atoms in total. The minimum Gasteiger partial charge on any atom is -0.393 e. The zero-order chi connectivity index (χ0) is 11.2. The minimum absolute atomic E-state index is 0.486. The van der Waals surface area contributed by atoms with Gasteiger partial charge in [-0.1, -0.05) is 0 Å². The zero-order valence-electron chi connectivity index (χ0n) is 8.10. The van der Waals surface area contributed by atoms with Gasteiger partial charge in [-0.3, -0.25) is 0 Å². The van der Waals surface area contributed by atoms with Crippen molar-refractivity contribution < 1.29 is 10.2 Å². The van der Waals surface area contributed by atoms with E-state index in [1.165, 1.54) is 13.8 Å². The summed E-state index contributed by atoms with van der Waals surface area (Å²) in [6.07, 6.45) is 0. The number of nitrogens with zero attached hydrogens (tertiary/aromatic N) is 4. The Morgan fingerprint density at radius 1 is 1.00 bits per heavy atom. The maximum atomic E-state index is 8.81. The van der Waals surface area contributed by atoms with Gasteiger partial charge in [-0.15, -0.1) is 0 Å². The number of hydrogen-bond acceptors (Lipinski definition) is 6. The molecule has 0 fully saturated rings. The molecule has 0 bridgehead atoms. The molecule has 2 N–H and O–H groups in total. The van der Waals surface area contributed by atoms with E-state index in [2.05, 4.69) is 10.2 Å². The summed E-state index contributed by atoms with van der Waals surface area (Å²) in [5.74, 6) is 0. The van der Waals surface area contributed by atoms with Gasteiger partial charge in [0, 0.05) is 0 Å². The molecular weight excluding hydrogens is 184 g/mol. The molecule has 0 radical (unpaired) electrons.